The van der Waals surface area contributed by atoms with Crippen LogP contribution in [0.5, 0.6) is 0 Å². The largest absolute Gasteiger partial charge is 0.344 e. The van der Waals surface area contributed by atoms with Crippen molar-refractivity contribution in [3.8, 4) is 0 Å². The molecule has 1 saturated heterocycles. The molecule has 0 unspecified atom stereocenters. The normalized spacial score (nSPS) is 25.6. The van der Waals surface area contributed by atoms with E-state index >= 15 is 0 Å². The van der Waals surface area contributed by atoms with Gasteiger partial charge in [-0.15, -0.1) is 0 Å². The Bertz CT molecular complexity index is 583. The highest BCUT2D eigenvalue weighted by molar-refractivity contribution is 6.08. The van der Waals surface area contributed by atoms with Crippen molar-refractivity contribution < 1.29 is 14.4 Å². The Morgan fingerprint density at radius 1 is 1.30 bits per heavy atom. The summed E-state index contributed by atoms with van der Waals surface area (Å²) in [5.74, 6) is -0.812. The van der Waals surface area contributed by atoms with Crippen LogP contribution in [0.25, 0.3) is 0 Å². The van der Waals surface area contributed by atoms with Gasteiger partial charge in [0, 0.05) is 5.92 Å². The van der Waals surface area contributed by atoms with Crippen molar-refractivity contribution in [2.75, 3.05) is 0 Å². The number of hydrazine groups is 1. The number of urea groups is 1. The molecule has 2 N–H and O–H groups in total. The minimum absolute atomic E-state index is 0.0702. The van der Waals surface area contributed by atoms with Crippen LogP contribution < -0.4 is 10.7 Å². The third kappa shape index (κ3) is 1.93. The highest BCUT2D eigenvalue weighted by Gasteiger charge is 2.50. The van der Waals surface area contributed by atoms with Gasteiger partial charge in [0.25, 0.3) is 5.91 Å². The highest BCUT2D eigenvalue weighted by Crippen LogP contribution is 2.31. The molecular formula is C14H15N3O3. The van der Waals surface area contributed by atoms with Crippen molar-refractivity contribution >= 4 is 17.8 Å². The van der Waals surface area contributed by atoms with Crippen LogP contribution in [-0.2, 0) is 15.1 Å². The number of hydrogen-bond acceptors (Lipinski definition) is 3. The first-order chi connectivity index (χ1) is 9.52. The van der Waals surface area contributed by atoms with E-state index in [4.69, 9.17) is 0 Å². The number of carbonyl (C=O) groups is 3. The summed E-state index contributed by atoms with van der Waals surface area (Å²) in [6, 6.07) is 8.36. The molecule has 0 radical (unpaired) electrons. The number of nitrogens with zero attached hydrogens (tertiary/aromatic N) is 1. The van der Waals surface area contributed by atoms with Crippen LogP contribution in [-0.4, -0.2) is 22.9 Å². The van der Waals surface area contributed by atoms with Gasteiger partial charge in [-0.25, -0.2) is 4.79 Å². The molecule has 6 heteroatoms. The Kier molecular flexibility index (Phi) is 2.74. The van der Waals surface area contributed by atoms with E-state index in [2.05, 4.69) is 10.7 Å². The fourth-order valence-corrected chi connectivity index (χ4v) is 2.25. The number of rotatable bonds is 3. The molecule has 0 spiro atoms. The minimum atomic E-state index is -1.14. The summed E-state index contributed by atoms with van der Waals surface area (Å²) in [5.41, 5.74) is 1.94. The number of benzene rings is 1. The standard InChI is InChI=1S/C14H15N3O3/c1-14(10-5-3-2-4-6-10)12(19)17(13(20)15-14)16-11(18)9-7-8-9/h2-6,9H,7-8H2,1H3,(H,15,20)(H,16,18)/t14-/m1/s1. The third-order valence-electron chi connectivity index (χ3n) is 3.71. The van der Waals surface area contributed by atoms with Gasteiger partial charge in [0.2, 0.25) is 5.91 Å². The van der Waals surface area contributed by atoms with Crippen LogP contribution in [0.3, 0.4) is 0 Å². The van der Waals surface area contributed by atoms with Gasteiger partial charge in [-0.05, 0) is 25.3 Å². The first-order valence-corrected chi connectivity index (χ1v) is 6.55. The van der Waals surface area contributed by atoms with Crippen LogP contribution >= 0.6 is 0 Å². The summed E-state index contributed by atoms with van der Waals surface area (Å²) < 4.78 is 0. The van der Waals surface area contributed by atoms with E-state index in [1.165, 1.54) is 0 Å². The van der Waals surface area contributed by atoms with Crippen molar-refractivity contribution in [2.45, 2.75) is 25.3 Å². The molecule has 2 aliphatic rings. The van der Waals surface area contributed by atoms with E-state index in [1.807, 2.05) is 6.07 Å². The molecule has 4 amide bonds. The van der Waals surface area contributed by atoms with E-state index in [-0.39, 0.29) is 11.8 Å². The summed E-state index contributed by atoms with van der Waals surface area (Å²) >= 11 is 0. The zero-order valence-electron chi connectivity index (χ0n) is 11.1. The van der Waals surface area contributed by atoms with E-state index in [0.29, 0.717) is 5.56 Å². The minimum Gasteiger partial charge on any atom is -0.318 e. The average Bonchev–Trinajstić information content (AvgIpc) is 3.26. The summed E-state index contributed by atoms with van der Waals surface area (Å²) in [4.78, 5) is 36.1. The van der Waals surface area contributed by atoms with Gasteiger partial charge in [0.1, 0.15) is 5.54 Å². The smallest absolute Gasteiger partial charge is 0.318 e. The number of hydrogen-bond donors (Lipinski definition) is 2. The lowest BCUT2D eigenvalue weighted by Gasteiger charge is -2.22. The maximum absolute atomic E-state index is 12.4. The van der Waals surface area contributed by atoms with E-state index in [0.717, 1.165) is 17.9 Å². The summed E-state index contributed by atoms with van der Waals surface area (Å²) in [6.07, 6.45) is 1.62. The molecule has 20 heavy (non-hydrogen) atoms. The molecule has 104 valence electrons. The zero-order chi connectivity index (χ0) is 14.3. The van der Waals surface area contributed by atoms with Crippen LogP contribution in [0.15, 0.2) is 30.3 Å². The number of nitrogens with one attached hydrogen (secondary N) is 2. The maximum Gasteiger partial charge on any atom is 0.344 e. The molecule has 1 aliphatic heterocycles. The second-order valence-corrected chi connectivity index (χ2v) is 5.31. The molecule has 3 rings (SSSR count). The lowest BCUT2D eigenvalue weighted by Crippen LogP contribution is -2.48. The van der Waals surface area contributed by atoms with Crippen molar-refractivity contribution in [2.24, 2.45) is 5.92 Å². The lowest BCUT2D eigenvalue weighted by molar-refractivity contribution is -0.139. The van der Waals surface area contributed by atoms with Crippen LogP contribution in [0.4, 0.5) is 4.79 Å². The molecule has 1 aliphatic carbocycles. The Balaban J connectivity index is 1.84. The van der Waals surface area contributed by atoms with Gasteiger partial charge in [-0.2, -0.15) is 5.01 Å². The second-order valence-electron chi connectivity index (χ2n) is 5.31. The monoisotopic (exact) mass is 273 g/mol. The third-order valence-corrected chi connectivity index (χ3v) is 3.71. The van der Waals surface area contributed by atoms with Crippen LogP contribution in [0.1, 0.15) is 25.3 Å². The van der Waals surface area contributed by atoms with Crippen LogP contribution in [0, 0.1) is 5.92 Å². The lowest BCUT2D eigenvalue weighted by atomic mass is 9.92. The number of imide groups is 1. The SMILES string of the molecule is C[C@]1(c2ccccc2)NC(=O)N(NC(=O)C2CC2)C1=O. The molecule has 2 fully saturated rings. The molecule has 1 saturated carbocycles. The van der Waals surface area contributed by atoms with Crippen LogP contribution in [0.2, 0.25) is 0 Å². The van der Waals surface area contributed by atoms with Gasteiger partial charge in [0.05, 0.1) is 0 Å². The van der Waals surface area contributed by atoms with Gasteiger partial charge in [-0.3, -0.25) is 15.0 Å². The zero-order valence-corrected chi connectivity index (χ0v) is 11.1. The predicted molar refractivity (Wildman–Crippen MR) is 70.0 cm³/mol. The first kappa shape index (κ1) is 12.7. The molecule has 0 aromatic heterocycles. The molecule has 0 bridgehead atoms. The number of carbonyl (C=O) groups excluding carboxylic acids is 3. The molecule has 1 aromatic carbocycles. The van der Waals surface area contributed by atoms with Crippen molar-refractivity contribution in [3.05, 3.63) is 35.9 Å². The fourth-order valence-electron chi connectivity index (χ4n) is 2.25. The fraction of sp³-hybridized carbons (Fsp3) is 0.357. The Hall–Kier alpha value is -2.37. The van der Waals surface area contributed by atoms with Gasteiger partial charge in [-0.1, -0.05) is 30.3 Å². The van der Waals surface area contributed by atoms with Crippen molar-refractivity contribution in [3.63, 3.8) is 0 Å². The summed E-state index contributed by atoms with van der Waals surface area (Å²) in [5, 5.41) is 3.42. The van der Waals surface area contributed by atoms with E-state index in [1.54, 1.807) is 31.2 Å². The van der Waals surface area contributed by atoms with Crippen molar-refractivity contribution in [1.82, 2.24) is 15.8 Å². The predicted octanol–water partition coefficient (Wildman–Crippen LogP) is 0.895. The quantitative estimate of drug-likeness (QED) is 0.803. The molecule has 1 atom stereocenters. The Morgan fingerprint density at radius 2 is 1.95 bits per heavy atom. The molecule has 6 nitrogen and oxygen atoms in total. The van der Waals surface area contributed by atoms with Gasteiger partial charge < -0.3 is 5.32 Å². The molecular weight excluding hydrogens is 258 g/mol. The maximum atomic E-state index is 12.4. The molecule has 1 heterocycles. The van der Waals surface area contributed by atoms with Crippen molar-refractivity contribution in [1.29, 1.82) is 0 Å². The Labute approximate surface area is 116 Å². The van der Waals surface area contributed by atoms with E-state index < -0.39 is 17.5 Å². The van der Waals surface area contributed by atoms with E-state index in [9.17, 15) is 14.4 Å². The van der Waals surface area contributed by atoms with Gasteiger partial charge >= 0.3 is 6.03 Å². The average molecular weight is 273 g/mol. The topological polar surface area (TPSA) is 78.5 Å². The Morgan fingerprint density at radius 3 is 2.55 bits per heavy atom. The second kappa shape index (κ2) is 4.33. The summed E-state index contributed by atoms with van der Waals surface area (Å²) in [6.45, 7) is 1.63. The highest BCUT2D eigenvalue weighted by atomic mass is 16.2. The summed E-state index contributed by atoms with van der Waals surface area (Å²) in [7, 11) is 0. The number of amides is 4. The molecule has 1 aromatic rings. The first-order valence-electron chi connectivity index (χ1n) is 6.55. The van der Waals surface area contributed by atoms with Gasteiger partial charge in [0.15, 0.2) is 0 Å².